The quantitative estimate of drug-likeness (QED) is 0.778. The Morgan fingerprint density at radius 1 is 1.00 bits per heavy atom. The van der Waals surface area contributed by atoms with Gasteiger partial charge in [0.05, 0.1) is 29.9 Å². The van der Waals surface area contributed by atoms with E-state index in [4.69, 9.17) is 4.74 Å². The summed E-state index contributed by atoms with van der Waals surface area (Å²) in [6, 6.07) is 2.83. The van der Waals surface area contributed by atoms with Crippen molar-refractivity contribution in [2.24, 2.45) is 0 Å². The zero-order valence-corrected chi connectivity index (χ0v) is 16.7. The van der Waals surface area contributed by atoms with Crippen LogP contribution in [0.3, 0.4) is 0 Å². The molecule has 2 aliphatic heterocycles. The smallest absolute Gasteiger partial charge is 0.155 e. The Morgan fingerprint density at radius 2 is 1.80 bits per heavy atom. The molecule has 1 aromatic carbocycles. The van der Waals surface area contributed by atoms with Crippen LogP contribution in [-0.2, 0) is 11.2 Å². The number of hydrogen-bond acceptors (Lipinski definition) is 5. The highest BCUT2D eigenvalue weighted by Crippen LogP contribution is 2.48. The molecule has 0 radical (unpaired) electrons. The van der Waals surface area contributed by atoms with Crippen LogP contribution < -0.4 is 5.32 Å². The molecule has 5 nitrogen and oxygen atoms in total. The molecule has 7 heteroatoms. The third-order valence-electron chi connectivity index (χ3n) is 7.13. The van der Waals surface area contributed by atoms with Crippen molar-refractivity contribution in [2.45, 2.75) is 81.6 Å². The van der Waals surface area contributed by atoms with Crippen LogP contribution in [0.4, 0.5) is 14.6 Å². The molecule has 4 aliphatic rings. The Bertz CT molecular complexity index is 987. The first-order valence-electron chi connectivity index (χ1n) is 11.1. The molecule has 2 N–H and O–H groups in total. The number of halogens is 2. The Balaban J connectivity index is 1.46. The molecule has 3 fully saturated rings. The summed E-state index contributed by atoms with van der Waals surface area (Å²) >= 11 is 0. The highest BCUT2D eigenvalue weighted by Gasteiger charge is 2.40. The van der Waals surface area contributed by atoms with Crippen LogP contribution in [0.5, 0.6) is 0 Å². The van der Waals surface area contributed by atoms with Crippen molar-refractivity contribution in [3.8, 4) is 11.3 Å². The first-order chi connectivity index (χ1) is 14.6. The fraction of sp³-hybridized carbons (Fsp3) is 0.565. The summed E-state index contributed by atoms with van der Waals surface area (Å²) in [6.07, 6.45) is 6.37. The second kappa shape index (κ2) is 6.95. The van der Waals surface area contributed by atoms with Gasteiger partial charge in [0.2, 0.25) is 0 Å². The molecule has 2 aliphatic carbocycles. The van der Waals surface area contributed by atoms with E-state index >= 15 is 8.78 Å². The van der Waals surface area contributed by atoms with E-state index in [0.717, 1.165) is 61.6 Å². The van der Waals surface area contributed by atoms with Crippen LogP contribution in [0.2, 0.25) is 0 Å². The Kier molecular flexibility index (Phi) is 4.32. The highest BCUT2D eigenvalue weighted by molar-refractivity contribution is 5.70. The van der Waals surface area contributed by atoms with Crippen molar-refractivity contribution in [3.05, 3.63) is 40.5 Å². The van der Waals surface area contributed by atoms with Crippen LogP contribution in [-0.4, -0.2) is 33.6 Å². The highest BCUT2D eigenvalue weighted by atomic mass is 19.1. The predicted molar refractivity (Wildman–Crippen MR) is 107 cm³/mol. The number of benzene rings is 1. The predicted octanol–water partition coefficient (Wildman–Crippen LogP) is 4.40. The van der Waals surface area contributed by atoms with Crippen LogP contribution in [0.1, 0.15) is 73.7 Å². The minimum absolute atomic E-state index is 0.0484. The van der Waals surface area contributed by atoms with E-state index in [2.05, 4.69) is 15.5 Å². The zero-order valence-electron chi connectivity index (χ0n) is 16.7. The largest absolute Gasteiger partial charge is 0.391 e. The number of nitrogens with one attached hydrogen (secondary N) is 1. The Hall–Kier alpha value is -2.12. The number of hydrogen-bond donors (Lipinski definition) is 2. The average molecular weight is 413 g/mol. The summed E-state index contributed by atoms with van der Waals surface area (Å²) in [5.74, 6) is -0.282. The lowest BCUT2D eigenvalue weighted by atomic mass is 9.93. The van der Waals surface area contributed by atoms with Gasteiger partial charge in [0, 0.05) is 12.0 Å². The molecule has 2 aromatic rings. The van der Waals surface area contributed by atoms with Crippen molar-refractivity contribution < 1.29 is 18.6 Å². The number of ether oxygens (including phenoxy) is 1. The van der Waals surface area contributed by atoms with Crippen molar-refractivity contribution in [2.75, 3.05) is 5.32 Å². The molecular weight excluding hydrogens is 388 g/mol. The van der Waals surface area contributed by atoms with E-state index in [-0.39, 0.29) is 29.7 Å². The van der Waals surface area contributed by atoms with Gasteiger partial charge in [-0.05, 0) is 74.1 Å². The fourth-order valence-electron chi connectivity index (χ4n) is 5.40. The minimum atomic E-state index is -0.570. The van der Waals surface area contributed by atoms with E-state index < -0.39 is 17.7 Å². The standard InChI is InChI=1S/C23H25F2N3O2/c24-15-8-12(11-4-5-11)9-16(25)21(15)22-14-10-13-6-7-19(30-13)20(14)23(28-27-22)26-17-2-1-3-18(17)29/h8-9,11,13,17-19,29H,1-7,10H2,(H,26,28)/t13-,17-,18-,19+/m1/s1. The Labute approximate surface area is 173 Å². The van der Waals surface area contributed by atoms with Gasteiger partial charge in [0.15, 0.2) is 5.82 Å². The summed E-state index contributed by atoms with van der Waals surface area (Å²) in [6.45, 7) is 0. The van der Waals surface area contributed by atoms with E-state index in [1.54, 1.807) is 0 Å². The molecule has 6 rings (SSSR count). The van der Waals surface area contributed by atoms with Gasteiger partial charge in [-0.2, -0.15) is 0 Å². The van der Waals surface area contributed by atoms with Gasteiger partial charge in [-0.25, -0.2) is 8.78 Å². The topological polar surface area (TPSA) is 67.3 Å². The third kappa shape index (κ3) is 3.02. The number of fused-ring (bicyclic) bond motifs is 4. The molecule has 3 heterocycles. The molecule has 2 bridgehead atoms. The molecular formula is C23H25F2N3O2. The lowest BCUT2D eigenvalue weighted by Crippen LogP contribution is -2.31. The van der Waals surface area contributed by atoms with Gasteiger partial charge in [-0.1, -0.05) is 0 Å². The van der Waals surface area contributed by atoms with Crippen molar-refractivity contribution in [1.82, 2.24) is 10.2 Å². The van der Waals surface area contributed by atoms with Crippen LogP contribution >= 0.6 is 0 Å². The fourth-order valence-corrected chi connectivity index (χ4v) is 5.40. The van der Waals surface area contributed by atoms with Crippen LogP contribution in [0, 0.1) is 11.6 Å². The molecule has 4 atom stereocenters. The van der Waals surface area contributed by atoms with Crippen molar-refractivity contribution in [1.29, 1.82) is 0 Å². The molecule has 0 amide bonds. The van der Waals surface area contributed by atoms with Gasteiger partial charge in [-0.3, -0.25) is 0 Å². The number of aliphatic hydroxyl groups is 1. The molecule has 0 spiro atoms. The van der Waals surface area contributed by atoms with Gasteiger partial charge in [-0.15, -0.1) is 10.2 Å². The second-order valence-electron chi connectivity index (χ2n) is 9.20. The van der Waals surface area contributed by atoms with Gasteiger partial charge < -0.3 is 15.2 Å². The number of anilines is 1. The molecule has 158 valence electrons. The monoisotopic (exact) mass is 413 g/mol. The zero-order chi connectivity index (χ0) is 20.4. The summed E-state index contributed by atoms with van der Waals surface area (Å²) in [4.78, 5) is 0. The number of rotatable bonds is 4. The van der Waals surface area contributed by atoms with E-state index in [1.165, 1.54) is 12.1 Å². The minimum Gasteiger partial charge on any atom is -0.391 e. The number of aliphatic hydroxyl groups excluding tert-OH is 1. The van der Waals surface area contributed by atoms with E-state index in [9.17, 15) is 5.11 Å². The SMILES string of the molecule is O[C@@H]1CCC[C@H]1Nc1nnc(-c2c(F)cc(C3CC3)cc2F)c2c1[C@@H]1CC[C@H](C2)O1. The van der Waals surface area contributed by atoms with Gasteiger partial charge >= 0.3 is 0 Å². The molecule has 2 saturated carbocycles. The maximum atomic E-state index is 15.1. The van der Waals surface area contributed by atoms with Crippen LogP contribution in [0.15, 0.2) is 12.1 Å². The van der Waals surface area contributed by atoms with Gasteiger partial charge in [0.1, 0.15) is 17.3 Å². The first kappa shape index (κ1) is 18.6. The van der Waals surface area contributed by atoms with Crippen LogP contribution in [0.25, 0.3) is 11.3 Å². The lowest BCUT2D eigenvalue weighted by molar-refractivity contribution is 0.0325. The maximum Gasteiger partial charge on any atom is 0.155 e. The maximum absolute atomic E-state index is 15.1. The van der Waals surface area contributed by atoms with Crippen molar-refractivity contribution in [3.63, 3.8) is 0 Å². The summed E-state index contributed by atoms with van der Waals surface area (Å²) < 4.78 is 36.2. The summed E-state index contributed by atoms with van der Waals surface area (Å²) in [5.41, 5.74) is 2.62. The van der Waals surface area contributed by atoms with E-state index in [0.29, 0.717) is 17.9 Å². The normalized spacial score (nSPS) is 29.8. The van der Waals surface area contributed by atoms with E-state index in [1.807, 2.05) is 0 Å². The van der Waals surface area contributed by atoms with Crippen molar-refractivity contribution >= 4 is 5.82 Å². The molecule has 0 unspecified atom stereocenters. The second-order valence-corrected chi connectivity index (χ2v) is 9.20. The molecule has 30 heavy (non-hydrogen) atoms. The number of nitrogens with zero attached hydrogens (tertiary/aromatic N) is 2. The number of aromatic nitrogens is 2. The first-order valence-corrected chi connectivity index (χ1v) is 11.1. The molecule has 1 saturated heterocycles. The Morgan fingerprint density at radius 3 is 2.50 bits per heavy atom. The van der Waals surface area contributed by atoms with Gasteiger partial charge in [0.25, 0.3) is 0 Å². The molecule has 1 aromatic heterocycles. The lowest BCUT2D eigenvalue weighted by Gasteiger charge is -2.29. The summed E-state index contributed by atoms with van der Waals surface area (Å²) in [5, 5.41) is 22.2. The third-order valence-corrected chi connectivity index (χ3v) is 7.13. The average Bonchev–Trinajstić information content (AvgIpc) is 3.41. The summed E-state index contributed by atoms with van der Waals surface area (Å²) in [7, 11) is 0.